The summed E-state index contributed by atoms with van der Waals surface area (Å²) in [5.74, 6) is 1.41. The van der Waals surface area contributed by atoms with Crippen LogP contribution in [0, 0.1) is 5.41 Å². The van der Waals surface area contributed by atoms with E-state index in [1.807, 2.05) is 36.4 Å². The highest BCUT2D eigenvalue weighted by Crippen LogP contribution is 2.30. The van der Waals surface area contributed by atoms with Crippen LogP contribution in [0.25, 0.3) is 17.5 Å². The molecule has 3 rings (SSSR count). The molecule has 8 heteroatoms. The van der Waals surface area contributed by atoms with Gasteiger partial charge in [0.05, 0.1) is 23.8 Å². The Balaban J connectivity index is 1.97. The quantitative estimate of drug-likeness (QED) is 0.256. The van der Waals surface area contributed by atoms with Crippen LogP contribution in [0.15, 0.2) is 35.2 Å². The zero-order valence-corrected chi connectivity index (χ0v) is 18.5. The van der Waals surface area contributed by atoms with Crippen LogP contribution in [0.1, 0.15) is 25.1 Å². The van der Waals surface area contributed by atoms with E-state index in [2.05, 4.69) is 23.5 Å². The molecular formula is C21H27N5OS2. The fourth-order valence-corrected chi connectivity index (χ4v) is 3.79. The molecule has 1 fully saturated rings. The Morgan fingerprint density at radius 3 is 2.76 bits per heavy atom. The number of benzene rings is 1. The maximum Gasteiger partial charge on any atom is 0.162 e. The van der Waals surface area contributed by atoms with Crippen molar-refractivity contribution in [3.63, 3.8) is 0 Å². The van der Waals surface area contributed by atoms with Gasteiger partial charge in [0.1, 0.15) is 5.82 Å². The lowest BCUT2D eigenvalue weighted by molar-refractivity contribution is 0.122. The predicted octanol–water partition coefficient (Wildman–Crippen LogP) is 3.93. The van der Waals surface area contributed by atoms with E-state index >= 15 is 0 Å². The number of anilines is 1. The van der Waals surface area contributed by atoms with Gasteiger partial charge in [-0.25, -0.2) is 9.97 Å². The van der Waals surface area contributed by atoms with Gasteiger partial charge in [0.15, 0.2) is 5.82 Å². The molecule has 0 aliphatic carbocycles. The van der Waals surface area contributed by atoms with Crippen molar-refractivity contribution in [2.45, 2.75) is 24.0 Å². The van der Waals surface area contributed by atoms with Gasteiger partial charge in [0.2, 0.25) is 0 Å². The number of aromatic nitrogens is 2. The number of hydrogen-bond acceptors (Lipinski definition) is 8. The molecule has 0 spiro atoms. The first-order valence-corrected chi connectivity index (χ1v) is 11.0. The summed E-state index contributed by atoms with van der Waals surface area (Å²) < 4.78 is 8.81. The largest absolute Gasteiger partial charge is 0.378 e. The second-order valence-electron chi connectivity index (χ2n) is 6.85. The molecule has 1 aliphatic rings. The Labute approximate surface area is 182 Å². The van der Waals surface area contributed by atoms with E-state index in [1.165, 1.54) is 6.21 Å². The summed E-state index contributed by atoms with van der Waals surface area (Å²) in [6.07, 6.45) is 5.37. The Morgan fingerprint density at radius 1 is 1.28 bits per heavy atom. The van der Waals surface area contributed by atoms with Gasteiger partial charge in [-0.3, -0.25) is 4.72 Å². The molecule has 154 valence electrons. The van der Waals surface area contributed by atoms with Crippen LogP contribution in [0.4, 0.5) is 5.82 Å². The lowest BCUT2D eigenvalue weighted by atomic mass is 10.1. The first-order valence-electron chi connectivity index (χ1n) is 9.68. The fraction of sp³-hybridized carbons (Fsp3) is 0.381. The minimum absolute atomic E-state index is 0.528. The Morgan fingerprint density at radius 2 is 2.03 bits per heavy atom. The van der Waals surface area contributed by atoms with E-state index in [4.69, 9.17) is 32.7 Å². The minimum Gasteiger partial charge on any atom is -0.378 e. The summed E-state index contributed by atoms with van der Waals surface area (Å²) in [6, 6.07) is 7.71. The summed E-state index contributed by atoms with van der Waals surface area (Å²) in [5.41, 5.74) is 2.40. The van der Waals surface area contributed by atoms with E-state index < -0.39 is 0 Å². The number of morpholine rings is 1. The van der Waals surface area contributed by atoms with Crippen molar-refractivity contribution in [1.82, 2.24) is 14.7 Å². The lowest BCUT2D eigenvalue weighted by Crippen LogP contribution is -2.37. The van der Waals surface area contributed by atoms with Gasteiger partial charge in [-0.2, -0.15) is 0 Å². The number of ether oxygens (including phenoxy) is 1. The van der Waals surface area contributed by atoms with Crippen molar-refractivity contribution in [2.24, 2.45) is 0 Å². The average molecular weight is 430 g/mol. The van der Waals surface area contributed by atoms with Gasteiger partial charge in [0, 0.05) is 42.2 Å². The second kappa shape index (κ2) is 10.8. The van der Waals surface area contributed by atoms with Gasteiger partial charge >= 0.3 is 0 Å². The monoisotopic (exact) mass is 429 g/mol. The molecule has 1 aliphatic heterocycles. The highest BCUT2D eigenvalue weighted by molar-refractivity contribution is 7.97. The topological polar surface area (TPSA) is 74.1 Å². The van der Waals surface area contributed by atoms with Gasteiger partial charge in [-0.15, -0.1) is 12.6 Å². The average Bonchev–Trinajstić information content (AvgIpc) is 2.75. The smallest absolute Gasteiger partial charge is 0.162 e. The van der Waals surface area contributed by atoms with E-state index in [9.17, 15) is 0 Å². The van der Waals surface area contributed by atoms with Crippen LogP contribution in [0.5, 0.6) is 0 Å². The maximum absolute atomic E-state index is 7.72. The number of rotatable bonds is 8. The van der Waals surface area contributed by atoms with Gasteiger partial charge in [0.25, 0.3) is 0 Å². The number of thiol groups is 1. The second-order valence-corrected chi connectivity index (χ2v) is 8.77. The summed E-state index contributed by atoms with van der Waals surface area (Å²) in [7, 11) is 0. The van der Waals surface area contributed by atoms with Crippen LogP contribution in [0.2, 0.25) is 0 Å². The third-order valence-corrected chi connectivity index (χ3v) is 5.59. The SMILES string of the molecule is CC(C)SNC/C=C/c1nc(-c2ccccc2C=N)nc(N2CCOCC2)c1S. The third-order valence-electron chi connectivity index (χ3n) is 4.36. The normalized spacial score (nSPS) is 14.7. The molecule has 0 atom stereocenters. The molecule has 1 saturated heterocycles. The van der Waals surface area contributed by atoms with Crippen molar-refractivity contribution in [1.29, 1.82) is 5.41 Å². The van der Waals surface area contributed by atoms with E-state index in [-0.39, 0.29) is 0 Å². The molecule has 6 nitrogen and oxygen atoms in total. The minimum atomic E-state index is 0.528. The summed E-state index contributed by atoms with van der Waals surface area (Å²) in [4.78, 5) is 12.5. The summed E-state index contributed by atoms with van der Waals surface area (Å²) in [6.45, 7) is 7.92. The molecule has 2 heterocycles. The molecule has 2 aromatic rings. The van der Waals surface area contributed by atoms with Crippen molar-refractivity contribution >= 4 is 42.7 Å². The van der Waals surface area contributed by atoms with Crippen LogP contribution < -0.4 is 9.62 Å². The van der Waals surface area contributed by atoms with Crippen LogP contribution in [-0.2, 0) is 4.74 Å². The molecule has 0 unspecified atom stereocenters. The van der Waals surface area contributed by atoms with Crippen molar-refractivity contribution in [3.05, 3.63) is 41.6 Å². The van der Waals surface area contributed by atoms with E-state index in [0.717, 1.165) is 47.2 Å². The fourth-order valence-electron chi connectivity index (χ4n) is 2.95. The first-order chi connectivity index (χ1) is 14.1. The number of hydrogen-bond donors (Lipinski definition) is 3. The molecular weight excluding hydrogens is 402 g/mol. The van der Waals surface area contributed by atoms with E-state index in [0.29, 0.717) is 24.3 Å². The molecule has 0 amide bonds. The zero-order valence-electron chi connectivity index (χ0n) is 16.8. The predicted molar refractivity (Wildman–Crippen MR) is 125 cm³/mol. The standard InChI is InChI=1S/C21H27N5OS2/c1-15(2)29-23-9-5-8-18-19(28)21(26-10-12-27-13-11-26)25-20(24-18)17-7-4-3-6-16(17)14-22/h3-8,14-15,22-23,28H,9-13H2,1-2H3/b8-5+,22-14?. The van der Waals surface area contributed by atoms with Crippen molar-refractivity contribution < 1.29 is 4.74 Å². The van der Waals surface area contributed by atoms with Gasteiger partial charge in [-0.05, 0) is 6.08 Å². The number of nitrogens with one attached hydrogen (secondary N) is 2. The Kier molecular flexibility index (Phi) is 8.11. The molecule has 29 heavy (non-hydrogen) atoms. The van der Waals surface area contributed by atoms with Crippen molar-refractivity contribution in [2.75, 3.05) is 37.7 Å². The highest BCUT2D eigenvalue weighted by Gasteiger charge is 2.20. The van der Waals surface area contributed by atoms with Crippen LogP contribution >= 0.6 is 24.6 Å². The first kappa shape index (κ1) is 21.8. The lowest BCUT2D eigenvalue weighted by Gasteiger charge is -2.29. The third kappa shape index (κ3) is 5.82. The molecule has 0 saturated carbocycles. The maximum atomic E-state index is 7.72. The Hall–Kier alpha value is -1.87. The van der Waals surface area contributed by atoms with Gasteiger partial charge in [-0.1, -0.05) is 56.1 Å². The number of nitrogens with zero attached hydrogens (tertiary/aromatic N) is 3. The summed E-state index contributed by atoms with van der Waals surface area (Å²) in [5, 5.41) is 8.25. The Bertz CT molecular complexity index is 866. The van der Waals surface area contributed by atoms with Gasteiger partial charge < -0.3 is 15.0 Å². The van der Waals surface area contributed by atoms with E-state index in [1.54, 1.807) is 11.9 Å². The molecule has 0 bridgehead atoms. The van der Waals surface area contributed by atoms with Crippen LogP contribution in [0.3, 0.4) is 0 Å². The summed E-state index contributed by atoms with van der Waals surface area (Å²) >= 11 is 6.46. The molecule has 2 N–H and O–H groups in total. The van der Waals surface area contributed by atoms with Crippen LogP contribution in [-0.4, -0.2) is 54.3 Å². The zero-order chi connectivity index (χ0) is 20.6. The van der Waals surface area contributed by atoms with Crippen molar-refractivity contribution in [3.8, 4) is 11.4 Å². The molecule has 1 aromatic heterocycles. The highest BCUT2D eigenvalue weighted by atomic mass is 32.2. The molecule has 0 radical (unpaired) electrons. The molecule has 1 aromatic carbocycles.